The molecule has 0 aliphatic carbocycles. The lowest BCUT2D eigenvalue weighted by atomic mass is 9.97. The Kier molecular flexibility index (Phi) is 3.65. The molecule has 2 aromatic rings. The molecule has 1 aliphatic rings. The van der Waals surface area contributed by atoms with Crippen LogP contribution in [0.1, 0.15) is 12.8 Å². The average Bonchev–Trinajstić information content (AvgIpc) is 2.70. The van der Waals surface area contributed by atoms with Gasteiger partial charge in [-0.3, -0.25) is 0 Å². The second kappa shape index (κ2) is 5.27. The molecule has 0 unspecified atom stereocenters. The summed E-state index contributed by atoms with van der Waals surface area (Å²) in [5.74, 6) is 0.693. The van der Waals surface area contributed by atoms with Crippen LogP contribution in [-0.2, 0) is 6.54 Å². The maximum Gasteiger partial charge on any atom is 0.178 e. The summed E-state index contributed by atoms with van der Waals surface area (Å²) in [7, 11) is 2.18. The first-order chi connectivity index (χ1) is 9.15. The molecule has 0 saturated carbocycles. The minimum Gasteiger partial charge on any atom is -0.331 e. The largest absolute Gasteiger partial charge is 0.331 e. The number of halogens is 1. The molecule has 19 heavy (non-hydrogen) atoms. The molecule has 0 atom stereocenters. The van der Waals surface area contributed by atoms with Crippen LogP contribution in [0.15, 0.2) is 18.2 Å². The van der Waals surface area contributed by atoms with E-state index >= 15 is 0 Å². The molecule has 1 aliphatic heterocycles. The van der Waals surface area contributed by atoms with Gasteiger partial charge in [0.2, 0.25) is 0 Å². The van der Waals surface area contributed by atoms with E-state index in [4.69, 9.17) is 23.8 Å². The third-order valence-corrected chi connectivity index (χ3v) is 4.65. The number of benzene rings is 1. The van der Waals surface area contributed by atoms with E-state index in [0.717, 1.165) is 27.4 Å². The second-order valence-corrected chi connectivity index (χ2v) is 6.22. The van der Waals surface area contributed by atoms with Crippen molar-refractivity contribution in [1.29, 1.82) is 0 Å². The summed E-state index contributed by atoms with van der Waals surface area (Å²) in [6.07, 6.45) is 2.46. The Balaban J connectivity index is 1.92. The first-order valence-electron chi connectivity index (χ1n) is 6.70. The summed E-state index contributed by atoms with van der Waals surface area (Å²) in [4.78, 5) is 5.64. The fourth-order valence-electron chi connectivity index (χ4n) is 2.85. The van der Waals surface area contributed by atoms with Gasteiger partial charge in [0.05, 0.1) is 16.1 Å². The minimum absolute atomic E-state index is 0.693. The summed E-state index contributed by atoms with van der Waals surface area (Å²) >= 11 is 11.8. The molecule has 1 saturated heterocycles. The number of imidazole rings is 1. The van der Waals surface area contributed by atoms with Gasteiger partial charge in [-0.25, -0.2) is 0 Å². The SMILES string of the molecule is CN1CCC(Cn2c(=S)[nH]c3cccc(Cl)c32)CC1. The van der Waals surface area contributed by atoms with Gasteiger partial charge in [0, 0.05) is 6.54 Å². The Morgan fingerprint density at radius 3 is 2.84 bits per heavy atom. The van der Waals surface area contributed by atoms with Crippen molar-refractivity contribution in [2.45, 2.75) is 19.4 Å². The van der Waals surface area contributed by atoms with Crippen LogP contribution in [0.2, 0.25) is 5.02 Å². The highest BCUT2D eigenvalue weighted by molar-refractivity contribution is 7.71. The van der Waals surface area contributed by atoms with Crippen molar-refractivity contribution in [3.05, 3.63) is 28.0 Å². The predicted octanol–water partition coefficient (Wildman–Crippen LogP) is 3.69. The van der Waals surface area contributed by atoms with Gasteiger partial charge in [0.25, 0.3) is 0 Å². The van der Waals surface area contributed by atoms with Crippen LogP contribution in [0.4, 0.5) is 0 Å². The Bertz CT molecular complexity index is 638. The van der Waals surface area contributed by atoms with Crippen molar-refractivity contribution in [3.8, 4) is 0 Å². The molecule has 5 heteroatoms. The molecule has 0 radical (unpaired) electrons. The first kappa shape index (κ1) is 13.2. The highest BCUT2D eigenvalue weighted by atomic mass is 35.5. The standard InChI is InChI=1S/C14H18ClN3S/c1-17-7-5-10(6-8-17)9-18-13-11(15)3-2-4-12(13)16-14(18)19/h2-4,10H,5-9H2,1H3,(H,16,19). The van der Waals surface area contributed by atoms with Crippen LogP contribution in [0.25, 0.3) is 11.0 Å². The van der Waals surface area contributed by atoms with Gasteiger partial charge in [-0.2, -0.15) is 0 Å². The van der Waals surface area contributed by atoms with Gasteiger partial charge in [0.1, 0.15) is 0 Å². The number of piperidine rings is 1. The zero-order valence-corrected chi connectivity index (χ0v) is 12.6. The third kappa shape index (κ3) is 2.57. The predicted molar refractivity (Wildman–Crippen MR) is 82.4 cm³/mol. The van der Waals surface area contributed by atoms with Crippen LogP contribution in [-0.4, -0.2) is 34.6 Å². The number of hydrogen-bond acceptors (Lipinski definition) is 2. The fourth-order valence-corrected chi connectivity index (χ4v) is 3.40. The first-order valence-corrected chi connectivity index (χ1v) is 7.49. The topological polar surface area (TPSA) is 24.0 Å². The van der Waals surface area contributed by atoms with Crippen LogP contribution in [0.5, 0.6) is 0 Å². The number of H-pyrrole nitrogens is 1. The number of likely N-dealkylation sites (tertiary alicyclic amines) is 1. The van der Waals surface area contributed by atoms with E-state index in [-0.39, 0.29) is 0 Å². The normalized spacial score (nSPS) is 18.2. The average molecular weight is 296 g/mol. The van der Waals surface area contributed by atoms with Crippen molar-refractivity contribution in [2.24, 2.45) is 5.92 Å². The van der Waals surface area contributed by atoms with E-state index in [2.05, 4.69) is 21.5 Å². The van der Waals surface area contributed by atoms with Crippen LogP contribution in [0.3, 0.4) is 0 Å². The monoisotopic (exact) mass is 295 g/mol. The number of para-hydroxylation sites is 1. The minimum atomic E-state index is 0.693. The highest BCUT2D eigenvalue weighted by Gasteiger charge is 2.19. The van der Waals surface area contributed by atoms with Gasteiger partial charge >= 0.3 is 0 Å². The van der Waals surface area contributed by atoms with Crippen molar-refractivity contribution in [2.75, 3.05) is 20.1 Å². The van der Waals surface area contributed by atoms with E-state index in [9.17, 15) is 0 Å². The number of aromatic amines is 1. The van der Waals surface area contributed by atoms with Crippen LogP contribution < -0.4 is 0 Å². The highest BCUT2D eigenvalue weighted by Crippen LogP contribution is 2.26. The molecule has 0 amide bonds. The summed E-state index contributed by atoms with van der Waals surface area (Å²) < 4.78 is 2.95. The number of fused-ring (bicyclic) bond motifs is 1. The van der Waals surface area contributed by atoms with Crippen molar-refractivity contribution in [3.63, 3.8) is 0 Å². The second-order valence-electron chi connectivity index (χ2n) is 5.42. The molecule has 2 heterocycles. The number of aromatic nitrogens is 2. The number of nitrogens with one attached hydrogen (secondary N) is 1. The number of rotatable bonds is 2. The van der Waals surface area contributed by atoms with Gasteiger partial charge in [-0.15, -0.1) is 0 Å². The lowest BCUT2D eigenvalue weighted by Gasteiger charge is -2.29. The van der Waals surface area contributed by atoms with Crippen LogP contribution in [0, 0.1) is 10.7 Å². The maximum atomic E-state index is 6.32. The lowest BCUT2D eigenvalue weighted by molar-refractivity contribution is 0.206. The van der Waals surface area contributed by atoms with Crippen molar-refractivity contribution < 1.29 is 0 Å². The van der Waals surface area contributed by atoms with Gasteiger partial charge in [-0.05, 0) is 63.2 Å². The van der Waals surface area contributed by atoms with Crippen molar-refractivity contribution >= 4 is 34.9 Å². The summed E-state index contributed by atoms with van der Waals surface area (Å²) in [5, 5.41) is 0.776. The van der Waals surface area contributed by atoms with Gasteiger partial charge < -0.3 is 14.5 Å². The molecular weight excluding hydrogens is 278 g/mol. The number of nitrogens with zero attached hydrogens (tertiary/aromatic N) is 2. The molecule has 0 bridgehead atoms. The molecular formula is C14H18ClN3S. The molecule has 3 rings (SSSR count). The zero-order chi connectivity index (χ0) is 13.4. The summed E-state index contributed by atoms with van der Waals surface area (Å²) in [6.45, 7) is 3.32. The molecule has 3 nitrogen and oxygen atoms in total. The van der Waals surface area contributed by atoms with E-state index in [1.807, 2.05) is 18.2 Å². The molecule has 102 valence electrons. The molecule has 1 aromatic heterocycles. The molecule has 1 fully saturated rings. The Labute approximate surface area is 123 Å². The third-order valence-electron chi connectivity index (χ3n) is 4.02. The van der Waals surface area contributed by atoms with Crippen LogP contribution >= 0.6 is 23.8 Å². The van der Waals surface area contributed by atoms with Gasteiger partial charge in [0.15, 0.2) is 4.77 Å². The smallest absolute Gasteiger partial charge is 0.178 e. The Morgan fingerprint density at radius 1 is 1.37 bits per heavy atom. The zero-order valence-electron chi connectivity index (χ0n) is 11.0. The quantitative estimate of drug-likeness (QED) is 0.854. The summed E-state index contributed by atoms with van der Waals surface area (Å²) in [6, 6.07) is 5.91. The lowest BCUT2D eigenvalue weighted by Crippen LogP contribution is -2.31. The fraction of sp³-hybridized carbons (Fsp3) is 0.500. The van der Waals surface area contributed by atoms with E-state index in [1.54, 1.807) is 0 Å². The molecule has 1 N–H and O–H groups in total. The van der Waals surface area contributed by atoms with E-state index in [0.29, 0.717) is 5.92 Å². The van der Waals surface area contributed by atoms with E-state index in [1.165, 1.54) is 25.9 Å². The number of hydrogen-bond donors (Lipinski definition) is 1. The Morgan fingerprint density at radius 2 is 2.11 bits per heavy atom. The maximum absolute atomic E-state index is 6.32. The molecule has 0 spiro atoms. The Hall–Kier alpha value is -0.840. The molecule has 1 aromatic carbocycles. The summed E-state index contributed by atoms with van der Waals surface area (Å²) in [5.41, 5.74) is 2.08. The van der Waals surface area contributed by atoms with Crippen molar-refractivity contribution in [1.82, 2.24) is 14.5 Å². The van der Waals surface area contributed by atoms with Gasteiger partial charge in [-0.1, -0.05) is 17.7 Å². The van der Waals surface area contributed by atoms with E-state index < -0.39 is 0 Å².